The first kappa shape index (κ1) is 10.9. The maximum atomic E-state index is 10.7. The minimum absolute atomic E-state index is 0.126. The highest BCUT2D eigenvalue weighted by Crippen LogP contribution is 2.14. The molecule has 5 heteroatoms. The average molecular weight is 215 g/mol. The number of nitrogens with zero attached hydrogens (tertiary/aromatic N) is 1. The quantitative estimate of drug-likeness (QED) is 0.746. The number of aromatic nitrogens is 1. The van der Waals surface area contributed by atoms with Gasteiger partial charge in [0.2, 0.25) is 5.91 Å². The van der Waals surface area contributed by atoms with Gasteiger partial charge in [-0.05, 0) is 6.07 Å². The van der Waals surface area contributed by atoms with Crippen molar-refractivity contribution in [3.8, 4) is 0 Å². The van der Waals surface area contributed by atoms with E-state index in [1.54, 1.807) is 12.1 Å². The van der Waals surface area contributed by atoms with Gasteiger partial charge in [-0.3, -0.25) is 4.79 Å². The SMILES string of the molecule is CC(=O)Nc1ccc([C@H](O)CCl)cn1. The van der Waals surface area contributed by atoms with Crippen LogP contribution in [0.4, 0.5) is 5.82 Å². The molecule has 0 spiro atoms. The highest BCUT2D eigenvalue weighted by atomic mass is 35.5. The number of hydrogen-bond donors (Lipinski definition) is 2. The van der Waals surface area contributed by atoms with E-state index >= 15 is 0 Å². The summed E-state index contributed by atoms with van der Waals surface area (Å²) in [5, 5.41) is 11.9. The van der Waals surface area contributed by atoms with Gasteiger partial charge in [0.25, 0.3) is 0 Å². The molecule has 76 valence electrons. The van der Waals surface area contributed by atoms with Crippen LogP contribution in [0.25, 0.3) is 0 Å². The fourth-order valence-corrected chi connectivity index (χ4v) is 1.12. The third kappa shape index (κ3) is 2.97. The van der Waals surface area contributed by atoms with Gasteiger partial charge < -0.3 is 10.4 Å². The Kier molecular flexibility index (Phi) is 3.85. The zero-order valence-corrected chi connectivity index (χ0v) is 8.45. The third-order valence-electron chi connectivity index (χ3n) is 1.62. The van der Waals surface area contributed by atoms with Gasteiger partial charge in [-0.2, -0.15) is 0 Å². The fraction of sp³-hybridized carbons (Fsp3) is 0.333. The van der Waals surface area contributed by atoms with Crippen LogP contribution < -0.4 is 5.32 Å². The molecule has 0 aliphatic rings. The molecule has 0 aliphatic carbocycles. The predicted molar refractivity (Wildman–Crippen MR) is 54.2 cm³/mol. The van der Waals surface area contributed by atoms with Crippen molar-refractivity contribution >= 4 is 23.3 Å². The molecule has 0 fully saturated rings. The maximum absolute atomic E-state index is 10.7. The Morgan fingerprint density at radius 2 is 2.43 bits per heavy atom. The first-order valence-electron chi connectivity index (χ1n) is 4.11. The smallest absolute Gasteiger partial charge is 0.222 e. The molecule has 2 N–H and O–H groups in total. The van der Waals surface area contributed by atoms with Gasteiger partial charge in [0, 0.05) is 18.7 Å². The van der Waals surface area contributed by atoms with Crippen molar-refractivity contribution < 1.29 is 9.90 Å². The summed E-state index contributed by atoms with van der Waals surface area (Å²) in [4.78, 5) is 14.6. The lowest BCUT2D eigenvalue weighted by molar-refractivity contribution is -0.114. The molecule has 14 heavy (non-hydrogen) atoms. The van der Waals surface area contributed by atoms with Crippen molar-refractivity contribution in [3.63, 3.8) is 0 Å². The highest BCUT2D eigenvalue weighted by molar-refractivity contribution is 6.18. The molecule has 1 rings (SSSR count). The molecule has 0 bridgehead atoms. The van der Waals surface area contributed by atoms with Crippen LogP contribution in [0.1, 0.15) is 18.6 Å². The summed E-state index contributed by atoms with van der Waals surface area (Å²) in [7, 11) is 0. The number of alkyl halides is 1. The summed E-state index contributed by atoms with van der Waals surface area (Å²) in [6, 6.07) is 3.29. The molecule has 1 aromatic rings. The highest BCUT2D eigenvalue weighted by Gasteiger charge is 2.06. The molecule has 0 saturated carbocycles. The number of rotatable bonds is 3. The number of aliphatic hydroxyl groups excluding tert-OH is 1. The number of amides is 1. The van der Waals surface area contributed by atoms with Crippen LogP contribution in [-0.4, -0.2) is 21.9 Å². The lowest BCUT2D eigenvalue weighted by Gasteiger charge is -2.07. The van der Waals surface area contributed by atoms with Crippen molar-refractivity contribution in [1.29, 1.82) is 0 Å². The predicted octanol–water partition coefficient (Wildman–Crippen LogP) is 1.31. The molecular formula is C9H11ClN2O2. The van der Waals surface area contributed by atoms with E-state index in [0.29, 0.717) is 11.4 Å². The van der Waals surface area contributed by atoms with Crippen LogP contribution in [0.5, 0.6) is 0 Å². The Hall–Kier alpha value is -1.13. The molecule has 1 heterocycles. The van der Waals surface area contributed by atoms with E-state index in [9.17, 15) is 9.90 Å². The summed E-state index contributed by atoms with van der Waals surface area (Å²) in [5.41, 5.74) is 0.633. The van der Waals surface area contributed by atoms with Crippen LogP contribution in [0.3, 0.4) is 0 Å². The number of aliphatic hydroxyl groups is 1. The Morgan fingerprint density at radius 1 is 1.71 bits per heavy atom. The second kappa shape index (κ2) is 4.93. The fourth-order valence-electron chi connectivity index (χ4n) is 0.946. The molecule has 1 amide bonds. The summed E-state index contributed by atoms with van der Waals surface area (Å²) in [6.07, 6.45) is 0.772. The molecule has 0 radical (unpaired) electrons. The standard InChI is InChI=1S/C9H11ClN2O2/c1-6(13)12-9-3-2-7(5-11-9)8(14)4-10/h2-3,5,8,14H,4H2,1H3,(H,11,12,13)/t8-/m1/s1. The first-order valence-corrected chi connectivity index (χ1v) is 4.64. The van der Waals surface area contributed by atoms with Gasteiger partial charge in [0.1, 0.15) is 5.82 Å². The Labute approximate surface area is 86.9 Å². The van der Waals surface area contributed by atoms with Crippen LogP contribution in [-0.2, 0) is 4.79 Å². The minimum atomic E-state index is -0.712. The van der Waals surface area contributed by atoms with Gasteiger partial charge in [-0.25, -0.2) is 4.98 Å². The zero-order valence-electron chi connectivity index (χ0n) is 7.70. The largest absolute Gasteiger partial charge is 0.387 e. The van der Waals surface area contributed by atoms with Crippen LogP contribution in [0.2, 0.25) is 0 Å². The number of anilines is 1. The van der Waals surface area contributed by atoms with E-state index in [0.717, 1.165) is 0 Å². The van der Waals surface area contributed by atoms with Crippen molar-refractivity contribution in [3.05, 3.63) is 23.9 Å². The summed E-state index contributed by atoms with van der Waals surface area (Å²) in [5.74, 6) is 0.410. The molecule has 0 unspecified atom stereocenters. The van der Waals surface area contributed by atoms with Gasteiger partial charge in [0.05, 0.1) is 12.0 Å². The van der Waals surface area contributed by atoms with Crippen molar-refractivity contribution in [1.82, 2.24) is 4.98 Å². The number of nitrogens with one attached hydrogen (secondary N) is 1. The van der Waals surface area contributed by atoms with Crippen LogP contribution >= 0.6 is 11.6 Å². The molecule has 4 nitrogen and oxygen atoms in total. The van der Waals surface area contributed by atoms with Gasteiger partial charge in [-0.1, -0.05) is 6.07 Å². The lowest BCUT2D eigenvalue weighted by Crippen LogP contribution is -2.08. The van der Waals surface area contributed by atoms with Gasteiger partial charge >= 0.3 is 0 Å². The van der Waals surface area contributed by atoms with Gasteiger partial charge in [0.15, 0.2) is 0 Å². The number of carbonyl (C=O) groups is 1. The molecule has 1 aromatic heterocycles. The second-order valence-corrected chi connectivity index (χ2v) is 3.14. The number of pyridine rings is 1. The van der Waals surface area contributed by atoms with Crippen molar-refractivity contribution in [2.75, 3.05) is 11.2 Å². The Morgan fingerprint density at radius 3 is 2.86 bits per heavy atom. The average Bonchev–Trinajstić information content (AvgIpc) is 2.17. The monoisotopic (exact) mass is 214 g/mol. The van der Waals surface area contributed by atoms with Gasteiger partial charge in [-0.15, -0.1) is 11.6 Å². The van der Waals surface area contributed by atoms with E-state index in [1.807, 2.05) is 0 Å². The topological polar surface area (TPSA) is 62.2 Å². The van der Waals surface area contributed by atoms with E-state index in [1.165, 1.54) is 13.1 Å². The zero-order chi connectivity index (χ0) is 10.6. The van der Waals surface area contributed by atoms with Crippen molar-refractivity contribution in [2.24, 2.45) is 0 Å². The molecule has 0 aliphatic heterocycles. The number of halogens is 1. The summed E-state index contributed by atoms with van der Waals surface area (Å²) >= 11 is 5.46. The lowest BCUT2D eigenvalue weighted by atomic mass is 10.2. The van der Waals surface area contributed by atoms with E-state index < -0.39 is 6.10 Å². The Balaban J connectivity index is 2.73. The first-order chi connectivity index (χ1) is 6.63. The minimum Gasteiger partial charge on any atom is -0.387 e. The summed E-state index contributed by atoms with van der Waals surface area (Å²) < 4.78 is 0. The summed E-state index contributed by atoms with van der Waals surface area (Å²) in [6.45, 7) is 1.41. The normalized spacial score (nSPS) is 12.2. The second-order valence-electron chi connectivity index (χ2n) is 2.83. The number of hydrogen-bond acceptors (Lipinski definition) is 3. The molecule has 0 aromatic carbocycles. The van der Waals surface area contributed by atoms with E-state index in [4.69, 9.17) is 11.6 Å². The number of carbonyl (C=O) groups excluding carboxylic acids is 1. The molecule has 1 atom stereocenters. The maximum Gasteiger partial charge on any atom is 0.222 e. The van der Waals surface area contributed by atoms with Crippen LogP contribution in [0.15, 0.2) is 18.3 Å². The van der Waals surface area contributed by atoms with Crippen LogP contribution in [0, 0.1) is 0 Å². The van der Waals surface area contributed by atoms with Crippen molar-refractivity contribution in [2.45, 2.75) is 13.0 Å². The van der Waals surface area contributed by atoms with E-state index in [-0.39, 0.29) is 11.8 Å². The molecule has 0 saturated heterocycles. The molecular weight excluding hydrogens is 204 g/mol. The van der Waals surface area contributed by atoms with E-state index in [2.05, 4.69) is 10.3 Å². The Bertz CT molecular complexity index is 313. The third-order valence-corrected chi connectivity index (χ3v) is 1.91.